The maximum atomic E-state index is 13.0. The van der Waals surface area contributed by atoms with Crippen molar-refractivity contribution >= 4 is 49.7 Å². The number of carbonyl (C=O) groups is 2. The van der Waals surface area contributed by atoms with E-state index in [2.05, 4.69) is 31.8 Å². The number of amides is 1. The Morgan fingerprint density at radius 3 is 2.64 bits per heavy atom. The van der Waals surface area contributed by atoms with Crippen molar-refractivity contribution in [2.24, 2.45) is 0 Å². The van der Waals surface area contributed by atoms with Gasteiger partial charge in [-0.05, 0) is 41.5 Å². The van der Waals surface area contributed by atoms with Gasteiger partial charge in [0.05, 0.1) is 7.11 Å². The Kier molecular flexibility index (Phi) is 7.76. The quantitative estimate of drug-likeness (QED) is 0.169. The number of aromatic nitrogens is 1. The molecule has 2 heterocycles. The Bertz CT molecular complexity index is 1710. The van der Waals surface area contributed by atoms with Crippen LogP contribution in [0.15, 0.2) is 92.7 Å². The SMILES string of the molecule is COC(=O)[C@@H](Cc1c[nH]c2ccccc12)NNC(=O)c1cc(=O)c2c(OCc3ccc(Br)cc3)cccc2o1. The molecular formula is C29H24BrN3O6. The van der Waals surface area contributed by atoms with E-state index < -0.39 is 23.3 Å². The molecule has 5 rings (SSSR count). The molecule has 3 aromatic carbocycles. The molecule has 0 saturated carbocycles. The van der Waals surface area contributed by atoms with Gasteiger partial charge in [-0.3, -0.25) is 19.8 Å². The van der Waals surface area contributed by atoms with Gasteiger partial charge in [-0.1, -0.05) is 52.3 Å². The highest BCUT2D eigenvalue weighted by molar-refractivity contribution is 9.10. The summed E-state index contributed by atoms with van der Waals surface area (Å²) in [6, 6.07) is 20.5. The Balaban J connectivity index is 1.31. The van der Waals surface area contributed by atoms with Crippen molar-refractivity contribution in [1.29, 1.82) is 0 Å². The van der Waals surface area contributed by atoms with Gasteiger partial charge < -0.3 is 18.9 Å². The van der Waals surface area contributed by atoms with Crippen molar-refractivity contribution in [3.63, 3.8) is 0 Å². The molecule has 0 aliphatic heterocycles. The largest absolute Gasteiger partial charge is 0.488 e. The van der Waals surface area contributed by atoms with Gasteiger partial charge in [-0.2, -0.15) is 0 Å². The van der Waals surface area contributed by atoms with Crippen LogP contribution in [0.4, 0.5) is 0 Å². The van der Waals surface area contributed by atoms with E-state index in [0.29, 0.717) is 5.75 Å². The van der Waals surface area contributed by atoms with E-state index in [9.17, 15) is 14.4 Å². The fourth-order valence-electron chi connectivity index (χ4n) is 4.22. The number of hydrogen-bond acceptors (Lipinski definition) is 7. The van der Waals surface area contributed by atoms with Gasteiger partial charge in [0.25, 0.3) is 0 Å². The summed E-state index contributed by atoms with van der Waals surface area (Å²) >= 11 is 3.40. The van der Waals surface area contributed by atoms with Crippen LogP contribution in [0.2, 0.25) is 0 Å². The number of nitrogens with one attached hydrogen (secondary N) is 3. The second kappa shape index (κ2) is 11.5. The van der Waals surface area contributed by atoms with Gasteiger partial charge in [-0.25, -0.2) is 5.43 Å². The first kappa shape index (κ1) is 26.2. The zero-order chi connectivity index (χ0) is 27.4. The van der Waals surface area contributed by atoms with Crippen LogP contribution in [0.5, 0.6) is 5.75 Å². The molecule has 9 nitrogen and oxygen atoms in total. The fourth-order valence-corrected chi connectivity index (χ4v) is 4.49. The smallest absolute Gasteiger partial charge is 0.325 e. The monoisotopic (exact) mass is 589 g/mol. The average Bonchev–Trinajstić information content (AvgIpc) is 3.36. The van der Waals surface area contributed by atoms with Crippen molar-refractivity contribution < 1.29 is 23.5 Å². The molecule has 0 saturated heterocycles. The predicted octanol–water partition coefficient (Wildman–Crippen LogP) is 4.63. The summed E-state index contributed by atoms with van der Waals surface area (Å²) in [5.74, 6) is -1.16. The molecule has 3 N–H and O–H groups in total. The van der Waals surface area contributed by atoms with Crippen molar-refractivity contribution in [3.8, 4) is 5.75 Å². The van der Waals surface area contributed by atoms with Crippen molar-refractivity contribution in [1.82, 2.24) is 15.8 Å². The maximum Gasteiger partial charge on any atom is 0.325 e. The molecule has 0 spiro atoms. The first-order chi connectivity index (χ1) is 18.9. The van der Waals surface area contributed by atoms with Gasteiger partial charge in [0.15, 0.2) is 11.2 Å². The number of ether oxygens (including phenoxy) is 2. The number of hydrogen-bond donors (Lipinski definition) is 3. The first-order valence-electron chi connectivity index (χ1n) is 12.1. The highest BCUT2D eigenvalue weighted by Crippen LogP contribution is 2.25. The molecule has 39 heavy (non-hydrogen) atoms. The zero-order valence-electron chi connectivity index (χ0n) is 20.8. The zero-order valence-corrected chi connectivity index (χ0v) is 22.4. The summed E-state index contributed by atoms with van der Waals surface area (Å²) in [5.41, 5.74) is 7.67. The van der Waals surface area contributed by atoms with Gasteiger partial charge in [0.1, 0.15) is 29.4 Å². The number of methoxy groups -OCH3 is 1. The van der Waals surface area contributed by atoms with Crippen LogP contribution in [0, 0.1) is 0 Å². The van der Waals surface area contributed by atoms with E-state index in [1.54, 1.807) is 18.2 Å². The van der Waals surface area contributed by atoms with Gasteiger partial charge in [0.2, 0.25) is 0 Å². The average molecular weight is 590 g/mol. The lowest BCUT2D eigenvalue weighted by Crippen LogP contribution is -2.49. The molecule has 1 atom stereocenters. The van der Waals surface area contributed by atoms with Gasteiger partial charge >= 0.3 is 11.9 Å². The van der Waals surface area contributed by atoms with Crippen LogP contribution >= 0.6 is 15.9 Å². The van der Waals surface area contributed by atoms with E-state index in [4.69, 9.17) is 13.9 Å². The summed E-state index contributed by atoms with van der Waals surface area (Å²) in [4.78, 5) is 41.5. The molecule has 10 heteroatoms. The minimum Gasteiger partial charge on any atom is -0.488 e. The van der Waals surface area contributed by atoms with Crippen LogP contribution in [0.3, 0.4) is 0 Å². The Labute approximate surface area is 231 Å². The number of para-hydroxylation sites is 1. The van der Waals surface area contributed by atoms with Crippen LogP contribution in [0.1, 0.15) is 21.7 Å². The summed E-state index contributed by atoms with van der Waals surface area (Å²) < 4.78 is 17.5. The third-order valence-corrected chi connectivity index (χ3v) is 6.72. The standard InChI is InChI=1S/C29H24BrN3O6/c1-37-29(36)22(13-18-15-31-21-6-3-2-5-20(18)21)32-33-28(35)26-14-23(34)27-24(7-4-8-25(27)39-26)38-16-17-9-11-19(30)12-10-17/h2-12,14-15,22,31-32H,13,16H2,1H3,(H,33,35)/t22-/m1/s1. The third-order valence-electron chi connectivity index (χ3n) is 6.19. The molecule has 0 radical (unpaired) electrons. The maximum absolute atomic E-state index is 13.0. The fraction of sp³-hybridized carbons (Fsp3) is 0.138. The third kappa shape index (κ3) is 5.87. The predicted molar refractivity (Wildman–Crippen MR) is 149 cm³/mol. The first-order valence-corrected chi connectivity index (χ1v) is 12.8. The molecule has 1 amide bonds. The Hall–Kier alpha value is -4.41. The Morgan fingerprint density at radius 2 is 1.85 bits per heavy atom. The second-order valence-electron chi connectivity index (χ2n) is 8.76. The normalized spacial score (nSPS) is 11.8. The van der Waals surface area contributed by atoms with E-state index in [1.807, 2.05) is 54.7 Å². The lowest BCUT2D eigenvalue weighted by Gasteiger charge is -2.17. The molecule has 198 valence electrons. The summed E-state index contributed by atoms with van der Waals surface area (Å²) in [6.45, 7) is 0.253. The number of rotatable bonds is 9. The van der Waals surface area contributed by atoms with Crippen LogP contribution in [-0.2, 0) is 22.6 Å². The number of benzene rings is 3. The van der Waals surface area contributed by atoms with Crippen molar-refractivity contribution in [3.05, 3.63) is 111 Å². The minimum absolute atomic E-state index is 0.198. The molecule has 0 aliphatic carbocycles. The second-order valence-corrected chi connectivity index (χ2v) is 9.67. The van der Waals surface area contributed by atoms with Crippen molar-refractivity contribution in [2.45, 2.75) is 19.1 Å². The van der Waals surface area contributed by atoms with Gasteiger partial charge in [-0.15, -0.1) is 0 Å². The van der Waals surface area contributed by atoms with Crippen molar-refractivity contribution in [2.75, 3.05) is 7.11 Å². The minimum atomic E-state index is -0.885. The summed E-state index contributed by atoms with van der Waals surface area (Å²) in [5, 5.41) is 1.18. The van der Waals surface area contributed by atoms with Gasteiger partial charge in [0, 0.05) is 34.1 Å². The van der Waals surface area contributed by atoms with E-state index >= 15 is 0 Å². The van der Waals surface area contributed by atoms with Crippen LogP contribution < -0.4 is 21.0 Å². The lowest BCUT2D eigenvalue weighted by molar-refractivity contribution is -0.143. The number of H-pyrrole nitrogens is 1. The number of aromatic amines is 1. The molecule has 0 bridgehead atoms. The van der Waals surface area contributed by atoms with Crippen LogP contribution in [0.25, 0.3) is 21.9 Å². The number of fused-ring (bicyclic) bond motifs is 2. The summed E-state index contributed by atoms with van der Waals surface area (Å²) in [7, 11) is 1.27. The van der Waals surface area contributed by atoms with E-state index in [1.165, 1.54) is 7.11 Å². The lowest BCUT2D eigenvalue weighted by atomic mass is 10.1. The van der Waals surface area contributed by atoms with Crippen LogP contribution in [-0.4, -0.2) is 30.0 Å². The molecular weight excluding hydrogens is 566 g/mol. The molecule has 0 unspecified atom stereocenters. The number of esters is 1. The number of halogens is 1. The molecule has 0 aliphatic rings. The summed E-state index contributed by atoms with van der Waals surface area (Å²) in [6.07, 6.45) is 2.06. The Morgan fingerprint density at radius 1 is 1.05 bits per heavy atom. The highest BCUT2D eigenvalue weighted by atomic mass is 79.9. The number of carbonyl (C=O) groups excluding carboxylic acids is 2. The highest BCUT2D eigenvalue weighted by Gasteiger charge is 2.23. The van der Waals surface area contributed by atoms with E-state index in [-0.39, 0.29) is 29.8 Å². The van der Waals surface area contributed by atoms with E-state index in [0.717, 1.165) is 32.6 Å². The molecule has 5 aromatic rings. The number of hydrazine groups is 1. The molecule has 0 fully saturated rings. The molecule has 2 aromatic heterocycles. The topological polar surface area (TPSA) is 123 Å².